The normalized spacial score (nSPS) is 11.1. The lowest BCUT2D eigenvalue weighted by molar-refractivity contribution is 1.13. The molecule has 0 aliphatic heterocycles. The third kappa shape index (κ3) is 3.57. The molecule has 2 aromatic carbocycles. The Labute approximate surface area is 139 Å². The number of fused-ring (bicyclic) bond motifs is 1. The van der Waals surface area contributed by atoms with Crippen molar-refractivity contribution >= 4 is 40.4 Å². The molecule has 0 unspecified atom stereocenters. The van der Waals surface area contributed by atoms with Crippen molar-refractivity contribution in [2.45, 2.75) is 0 Å². The van der Waals surface area contributed by atoms with E-state index in [0.717, 1.165) is 22.3 Å². The van der Waals surface area contributed by atoms with E-state index in [1.54, 1.807) is 12.4 Å². The van der Waals surface area contributed by atoms with Crippen LogP contribution in [0, 0.1) is 0 Å². The first-order chi connectivity index (χ1) is 11.1. The molecule has 116 valence electrons. The van der Waals surface area contributed by atoms with Gasteiger partial charge in [-0.2, -0.15) is 5.10 Å². The first-order valence-corrected chi connectivity index (χ1v) is 7.49. The van der Waals surface area contributed by atoms with Gasteiger partial charge < -0.3 is 4.90 Å². The highest BCUT2D eigenvalue weighted by atomic mass is 35.5. The Kier molecular flexibility index (Phi) is 4.39. The molecule has 1 heterocycles. The summed E-state index contributed by atoms with van der Waals surface area (Å²) in [5, 5.41) is 4.82. The van der Waals surface area contributed by atoms with E-state index < -0.39 is 0 Å². The molecule has 6 heteroatoms. The molecule has 0 bridgehead atoms. The van der Waals surface area contributed by atoms with E-state index in [9.17, 15) is 0 Å². The number of rotatable bonds is 4. The molecule has 1 N–H and O–H groups in total. The van der Waals surface area contributed by atoms with Crippen molar-refractivity contribution in [3.8, 4) is 0 Å². The van der Waals surface area contributed by atoms with E-state index in [2.05, 4.69) is 20.5 Å². The summed E-state index contributed by atoms with van der Waals surface area (Å²) in [5.74, 6) is 0.584. The number of benzene rings is 2. The summed E-state index contributed by atoms with van der Waals surface area (Å²) in [4.78, 5) is 10.8. The van der Waals surface area contributed by atoms with Gasteiger partial charge in [0.2, 0.25) is 0 Å². The van der Waals surface area contributed by atoms with E-state index >= 15 is 0 Å². The topological polar surface area (TPSA) is 53.4 Å². The molecule has 0 aliphatic carbocycles. The summed E-state index contributed by atoms with van der Waals surface area (Å²) in [6.07, 6.45) is 3.31. The van der Waals surface area contributed by atoms with Crippen LogP contribution in [0.5, 0.6) is 0 Å². The largest absolute Gasteiger partial charge is 0.378 e. The fraction of sp³-hybridized carbons (Fsp3) is 0.118. The van der Waals surface area contributed by atoms with Gasteiger partial charge in [0.05, 0.1) is 28.5 Å². The second-order valence-corrected chi connectivity index (χ2v) is 5.62. The van der Waals surface area contributed by atoms with Gasteiger partial charge in [0.25, 0.3) is 0 Å². The van der Waals surface area contributed by atoms with E-state index in [4.69, 9.17) is 11.6 Å². The van der Waals surface area contributed by atoms with Crippen molar-refractivity contribution in [1.29, 1.82) is 0 Å². The van der Waals surface area contributed by atoms with Crippen LogP contribution in [0.15, 0.2) is 53.8 Å². The lowest BCUT2D eigenvalue weighted by Gasteiger charge is -2.13. The first-order valence-electron chi connectivity index (χ1n) is 7.11. The highest BCUT2D eigenvalue weighted by Crippen LogP contribution is 2.21. The Balaban J connectivity index is 1.75. The number of nitrogens with zero attached hydrogens (tertiary/aromatic N) is 4. The van der Waals surface area contributed by atoms with E-state index in [0.29, 0.717) is 10.8 Å². The van der Waals surface area contributed by atoms with Crippen LogP contribution in [0.2, 0.25) is 5.02 Å². The third-order valence-corrected chi connectivity index (χ3v) is 3.66. The van der Waals surface area contributed by atoms with Crippen LogP contribution in [0.1, 0.15) is 5.56 Å². The minimum Gasteiger partial charge on any atom is -0.378 e. The van der Waals surface area contributed by atoms with Crippen LogP contribution >= 0.6 is 11.6 Å². The first kappa shape index (κ1) is 15.2. The maximum atomic E-state index is 6.26. The zero-order valence-corrected chi connectivity index (χ0v) is 13.6. The van der Waals surface area contributed by atoms with Gasteiger partial charge in [0, 0.05) is 25.3 Å². The number of aromatic nitrogens is 2. The molecular weight excluding hydrogens is 310 g/mol. The van der Waals surface area contributed by atoms with Gasteiger partial charge in [0.1, 0.15) is 0 Å². The maximum absolute atomic E-state index is 6.26. The fourth-order valence-corrected chi connectivity index (χ4v) is 2.30. The number of nitrogens with one attached hydrogen (secondary N) is 1. The minimum atomic E-state index is 0.584. The van der Waals surface area contributed by atoms with Crippen LogP contribution in [0.25, 0.3) is 11.0 Å². The zero-order valence-electron chi connectivity index (χ0n) is 12.9. The molecule has 0 saturated carbocycles. The van der Waals surface area contributed by atoms with Crippen LogP contribution in [0.4, 0.5) is 11.5 Å². The average molecular weight is 326 g/mol. The molecule has 0 aliphatic rings. The molecule has 0 fully saturated rings. The molecule has 3 rings (SSSR count). The van der Waals surface area contributed by atoms with Crippen molar-refractivity contribution in [2.24, 2.45) is 5.10 Å². The Morgan fingerprint density at radius 1 is 1.13 bits per heavy atom. The molecular formula is C17H16ClN5. The van der Waals surface area contributed by atoms with Gasteiger partial charge in [-0.3, -0.25) is 10.4 Å². The fourth-order valence-electron chi connectivity index (χ4n) is 2.08. The molecule has 23 heavy (non-hydrogen) atoms. The number of anilines is 2. The van der Waals surface area contributed by atoms with E-state index in [1.165, 1.54) is 0 Å². The van der Waals surface area contributed by atoms with Crippen molar-refractivity contribution in [3.63, 3.8) is 0 Å². The van der Waals surface area contributed by atoms with Gasteiger partial charge >= 0.3 is 0 Å². The monoisotopic (exact) mass is 325 g/mol. The SMILES string of the molecule is CN(C)c1ccc(/C=N\Nc2cnc3ccccc3n2)c(Cl)c1. The van der Waals surface area contributed by atoms with Crippen molar-refractivity contribution in [2.75, 3.05) is 24.4 Å². The number of halogens is 1. The smallest absolute Gasteiger partial charge is 0.165 e. The predicted molar refractivity (Wildman–Crippen MR) is 96.5 cm³/mol. The van der Waals surface area contributed by atoms with Gasteiger partial charge in [-0.15, -0.1) is 0 Å². The molecule has 0 saturated heterocycles. The minimum absolute atomic E-state index is 0.584. The lowest BCUT2D eigenvalue weighted by atomic mass is 10.2. The molecule has 5 nitrogen and oxygen atoms in total. The number of hydrogen-bond donors (Lipinski definition) is 1. The lowest BCUT2D eigenvalue weighted by Crippen LogP contribution is -2.08. The van der Waals surface area contributed by atoms with Crippen LogP contribution < -0.4 is 10.3 Å². The Morgan fingerprint density at radius 3 is 2.65 bits per heavy atom. The number of para-hydroxylation sites is 2. The molecule has 0 atom stereocenters. The predicted octanol–water partition coefficient (Wildman–Crippen LogP) is 3.80. The van der Waals surface area contributed by atoms with E-state index in [-0.39, 0.29) is 0 Å². The highest BCUT2D eigenvalue weighted by molar-refractivity contribution is 6.33. The summed E-state index contributed by atoms with van der Waals surface area (Å²) < 4.78 is 0. The van der Waals surface area contributed by atoms with Gasteiger partial charge in [-0.1, -0.05) is 23.7 Å². The van der Waals surface area contributed by atoms with Crippen LogP contribution in [-0.4, -0.2) is 30.3 Å². The average Bonchev–Trinajstić information content (AvgIpc) is 2.56. The Hall–Kier alpha value is -2.66. The summed E-state index contributed by atoms with van der Waals surface area (Å²) in [5.41, 5.74) is 6.42. The van der Waals surface area contributed by atoms with Gasteiger partial charge in [0.15, 0.2) is 5.82 Å². The number of hydrogen-bond acceptors (Lipinski definition) is 5. The zero-order chi connectivity index (χ0) is 16.2. The quantitative estimate of drug-likeness (QED) is 0.585. The van der Waals surface area contributed by atoms with Crippen LogP contribution in [-0.2, 0) is 0 Å². The van der Waals surface area contributed by atoms with Crippen molar-refractivity contribution in [1.82, 2.24) is 9.97 Å². The maximum Gasteiger partial charge on any atom is 0.165 e. The van der Waals surface area contributed by atoms with Gasteiger partial charge in [-0.25, -0.2) is 4.98 Å². The molecule has 0 amide bonds. The standard InChI is InChI=1S/C17H16ClN5/c1-23(2)13-8-7-12(14(18)9-13)10-20-22-17-11-19-15-5-3-4-6-16(15)21-17/h3-11H,1-2H3,(H,21,22)/b20-10-. The highest BCUT2D eigenvalue weighted by Gasteiger charge is 2.02. The second kappa shape index (κ2) is 6.62. The Morgan fingerprint density at radius 2 is 1.91 bits per heavy atom. The van der Waals surface area contributed by atoms with Crippen molar-refractivity contribution < 1.29 is 0 Å². The molecule has 1 aromatic heterocycles. The molecule has 0 spiro atoms. The third-order valence-electron chi connectivity index (χ3n) is 3.33. The molecule has 3 aromatic rings. The Bertz CT molecular complexity index is 860. The second-order valence-electron chi connectivity index (χ2n) is 5.21. The van der Waals surface area contributed by atoms with Crippen molar-refractivity contribution in [3.05, 3.63) is 59.2 Å². The summed E-state index contributed by atoms with van der Waals surface area (Å²) in [6, 6.07) is 13.5. The van der Waals surface area contributed by atoms with E-state index in [1.807, 2.05) is 61.5 Å². The van der Waals surface area contributed by atoms with Crippen LogP contribution in [0.3, 0.4) is 0 Å². The summed E-state index contributed by atoms with van der Waals surface area (Å²) in [7, 11) is 3.94. The number of hydrazone groups is 1. The summed E-state index contributed by atoms with van der Waals surface area (Å²) >= 11 is 6.26. The summed E-state index contributed by atoms with van der Waals surface area (Å²) in [6.45, 7) is 0. The van der Waals surface area contributed by atoms with Gasteiger partial charge in [-0.05, 0) is 30.3 Å². The molecule has 0 radical (unpaired) electrons.